The predicted octanol–water partition coefficient (Wildman–Crippen LogP) is 1.45. The van der Waals surface area contributed by atoms with E-state index in [1.165, 1.54) is 0 Å². The van der Waals surface area contributed by atoms with Crippen molar-refractivity contribution < 1.29 is 33.5 Å². The molecule has 0 bridgehead atoms. The number of unbranched alkanes of at least 4 members (excludes halogenated alkanes) is 1. The molecule has 50 valence electrons. The van der Waals surface area contributed by atoms with Crippen molar-refractivity contribution in [1.29, 1.82) is 0 Å². The quantitative estimate of drug-likeness (QED) is 0.426. The molecule has 0 saturated heterocycles. The van der Waals surface area contributed by atoms with Gasteiger partial charge in [0.2, 0.25) is 0 Å². The van der Waals surface area contributed by atoms with E-state index in [0.717, 1.165) is 12.8 Å². The van der Waals surface area contributed by atoms with E-state index in [1.54, 1.807) is 0 Å². The van der Waals surface area contributed by atoms with Gasteiger partial charge in [0.15, 0.2) is 0 Å². The summed E-state index contributed by atoms with van der Waals surface area (Å²) in [6, 6.07) is 0. The van der Waals surface area contributed by atoms with Gasteiger partial charge < -0.3 is 0 Å². The number of hydrogen-bond acceptors (Lipinski definition) is 2. The fourth-order valence-corrected chi connectivity index (χ4v) is 0.572. The van der Waals surface area contributed by atoms with Crippen LogP contribution in [0.1, 0.15) is 19.8 Å². The molecule has 0 aromatic carbocycles. The van der Waals surface area contributed by atoms with Crippen molar-refractivity contribution in [3.63, 3.8) is 0 Å². The molecule has 0 fully saturated rings. The molecule has 1 N–H and O–H groups in total. The molecule has 0 radical (unpaired) electrons. The first-order valence-electron chi connectivity index (χ1n) is 2.56. The Hall–Kier alpha value is 0.643. The van der Waals surface area contributed by atoms with Gasteiger partial charge in [-0.15, -0.1) is 9.42 Å². The number of rotatable bonds is 4. The Morgan fingerprint density at radius 2 is 2.22 bits per heavy atom. The molecule has 0 aliphatic rings. The van der Waals surface area contributed by atoms with Gasteiger partial charge in [-0.1, -0.05) is 13.3 Å². The molecule has 0 rings (SSSR count). The van der Waals surface area contributed by atoms with Crippen LogP contribution >= 0.6 is 8.25 Å². The van der Waals surface area contributed by atoms with E-state index in [4.69, 9.17) is 4.89 Å². The molecule has 0 amide bonds. The van der Waals surface area contributed by atoms with E-state index >= 15 is 0 Å². The van der Waals surface area contributed by atoms with Crippen molar-refractivity contribution in [3.05, 3.63) is 0 Å². The molecular weight excluding hydrogens is 192 g/mol. The Morgan fingerprint density at radius 3 is 2.56 bits per heavy atom. The van der Waals surface area contributed by atoms with Gasteiger partial charge in [-0.25, -0.2) is 0 Å². The fraction of sp³-hybridized carbons (Fsp3) is 1.00. The van der Waals surface area contributed by atoms with E-state index in [-0.39, 0.29) is 19.5 Å². The first kappa shape index (κ1) is 12.3. The van der Waals surface area contributed by atoms with Crippen LogP contribution in [0.25, 0.3) is 0 Å². The van der Waals surface area contributed by atoms with Crippen molar-refractivity contribution in [2.75, 3.05) is 6.61 Å². The van der Waals surface area contributed by atoms with Crippen molar-refractivity contribution in [2.24, 2.45) is 0 Å². The van der Waals surface area contributed by atoms with Gasteiger partial charge in [-0.05, 0) is 6.42 Å². The van der Waals surface area contributed by atoms with Gasteiger partial charge in [-0.3, -0.25) is 0 Å². The normalized spacial score (nSPS) is 10.2. The van der Waals surface area contributed by atoms with Crippen LogP contribution in [0.3, 0.4) is 0 Å². The third-order valence-electron chi connectivity index (χ3n) is 0.700. The largest absolute Gasteiger partial charge is 0.694 e. The van der Waals surface area contributed by atoms with E-state index in [0.29, 0.717) is 6.61 Å². The maximum absolute atomic E-state index is 9.80. The Labute approximate surface area is 68.5 Å². The summed E-state index contributed by atoms with van der Waals surface area (Å²) in [5.41, 5.74) is 0. The molecule has 0 aliphatic heterocycles. The van der Waals surface area contributed by atoms with Crippen LogP contribution in [0.2, 0.25) is 0 Å². The third kappa shape index (κ3) is 12.0. The predicted molar refractivity (Wildman–Crippen MR) is 30.7 cm³/mol. The Bertz CT molecular complexity index is 78.2. The van der Waals surface area contributed by atoms with Crippen molar-refractivity contribution in [3.8, 4) is 0 Å². The van der Waals surface area contributed by atoms with Crippen LogP contribution in [0.15, 0.2) is 0 Å². The van der Waals surface area contributed by atoms with Gasteiger partial charge in [0.25, 0.3) is 0 Å². The summed E-state index contributed by atoms with van der Waals surface area (Å²) in [6.07, 6.45) is 1.84. The van der Waals surface area contributed by atoms with E-state index in [1.807, 2.05) is 6.92 Å². The van der Waals surface area contributed by atoms with Gasteiger partial charge >= 0.3 is 8.25 Å². The van der Waals surface area contributed by atoms with Crippen LogP contribution in [0.5, 0.6) is 0 Å². The van der Waals surface area contributed by atoms with E-state index in [9.17, 15) is 4.57 Å². The standard InChI is InChI=1S/C4H9O3P.Zn/c1-2-3-4-7-8(5)6;/h2-4H2,1H3;/p+1. The summed E-state index contributed by atoms with van der Waals surface area (Å²) >= 11 is 0. The van der Waals surface area contributed by atoms with Gasteiger partial charge in [0.05, 0.1) is 0 Å². The monoisotopic (exact) mass is 201 g/mol. The Kier molecular flexibility index (Phi) is 11.8. The van der Waals surface area contributed by atoms with Crippen molar-refractivity contribution >= 4 is 8.25 Å². The zero-order chi connectivity index (χ0) is 6.41. The second kappa shape index (κ2) is 8.64. The van der Waals surface area contributed by atoms with Gasteiger partial charge in [0.1, 0.15) is 6.61 Å². The third-order valence-corrected chi connectivity index (χ3v) is 1.10. The number of hydrogen-bond donors (Lipinski definition) is 1. The Balaban J connectivity index is 0. The van der Waals surface area contributed by atoms with Crippen LogP contribution in [0.4, 0.5) is 0 Å². The summed E-state index contributed by atoms with van der Waals surface area (Å²) in [5, 5.41) is 0. The van der Waals surface area contributed by atoms with Crippen LogP contribution in [-0.4, -0.2) is 11.5 Å². The molecule has 0 aromatic rings. The molecule has 1 atom stereocenters. The van der Waals surface area contributed by atoms with E-state index < -0.39 is 8.25 Å². The van der Waals surface area contributed by atoms with Crippen LogP contribution in [-0.2, 0) is 28.6 Å². The van der Waals surface area contributed by atoms with Crippen LogP contribution < -0.4 is 0 Å². The molecule has 9 heavy (non-hydrogen) atoms. The smallest absolute Gasteiger partial charge is 0.133 e. The molecule has 1 unspecified atom stereocenters. The Morgan fingerprint density at radius 1 is 1.67 bits per heavy atom. The fourth-order valence-electron chi connectivity index (χ4n) is 0.287. The second-order valence-corrected chi connectivity index (χ2v) is 2.16. The molecular formula is C4H10O3PZn+. The first-order chi connectivity index (χ1) is 3.77. The maximum atomic E-state index is 9.80. The average molecular weight is 202 g/mol. The summed E-state index contributed by atoms with van der Waals surface area (Å²) < 4.78 is 14.1. The summed E-state index contributed by atoms with van der Waals surface area (Å²) in [4.78, 5) is 8.07. The minimum Gasteiger partial charge on any atom is -0.133 e. The molecule has 3 nitrogen and oxygen atoms in total. The SMILES string of the molecule is CCCCO[P+](=O)O.[Zn]. The molecule has 0 saturated carbocycles. The average Bonchev–Trinajstić information content (AvgIpc) is 1.66. The minimum absolute atomic E-state index is 0. The molecule has 0 heterocycles. The molecule has 0 aliphatic carbocycles. The molecule has 5 heteroatoms. The molecule has 0 aromatic heterocycles. The molecule has 0 spiro atoms. The maximum Gasteiger partial charge on any atom is 0.694 e. The second-order valence-electron chi connectivity index (χ2n) is 1.42. The minimum atomic E-state index is -2.36. The zero-order valence-electron chi connectivity index (χ0n) is 5.54. The van der Waals surface area contributed by atoms with Gasteiger partial charge in [-0.2, -0.15) is 0 Å². The van der Waals surface area contributed by atoms with Crippen molar-refractivity contribution in [1.82, 2.24) is 0 Å². The van der Waals surface area contributed by atoms with Crippen LogP contribution in [0, 0.1) is 0 Å². The van der Waals surface area contributed by atoms with Crippen molar-refractivity contribution in [2.45, 2.75) is 19.8 Å². The van der Waals surface area contributed by atoms with E-state index in [2.05, 4.69) is 4.52 Å². The summed E-state index contributed by atoms with van der Waals surface area (Å²) in [5.74, 6) is 0. The summed E-state index contributed by atoms with van der Waals surface area (Å²) in [6.45, 7) is 2.38. The first-order valence-corrected chi connectivity index (χ1v) is 3.69. The topological polar surface area (TPSA) is 46.5 Å². The summed E-state index contributed by atoms with van der Waals surface area (Å²) in [7, 11) is -2.36. The van der Waals surface area contributed by atoms with Gasteiger partial charge in [0, 0.05) is 24.0 Å². The zero-order valence-corrected chi connectivity index (χ0v) is 9.40.